The molecule has 0 aromatic heterocycles. The van der Waals surface area contributed by atoms with Crippen molar-refractivity contribution in [3.8, 4) is 0 Å². The second-order valence-electron chi connectivity index (χ2n) is 5.25. The van der Waals surface area contributed by atoms with Crippen molar-refractivity contribution in [2.75, 3.05) is 31.1 Å². The molecular formula is C15H25N3. The average Bonchev–Trinajstić information content (AvgIpc) is 2.38. The van der Waals surface area contributed by atoms with Crippen LogP contribution in [0.1, 0.15) is 25.0 Å². The number of piperazine rings is 1. The van der Waals surface area contributed by atoms with Crippen LogP contribution in [-0.4, -0.2) is 37.1 Å². The van der Waals surface area contributed by atoms with Crippen molar-refractivity contribution in [2.45, 2.75) is 33.4 Å². The Labute approximate surface area is 111 Å². The molecule has 100 valence electrons. The molecule has 0 radical (unpaired) electrons. The molecule has 1 heterocycles. The van der Waals surface area contributed by atoms with Gasteiger partial charge in [0.25, 0.3) is 0 Å². The van der Waals surface area contributed by atoms with Gasteiger partial charge in [-0.25, -0.2) is 0 Å². The Morgan fingerprint density at radius 2 is 2.11 bits per heavy atom. The molecule has 0 aliphatic carbocycles. The Bertz CT molecular complexity index is 403. The highest BCUT2D eigenvalue weighted by Crippen LogP contribution is 2.24. The molecule has 3 nitrogen and oxygen atoms in total. The van der Waals surface area contributed by atoms with Gasteiger partial charge >= 0.3 is 0 Å². The SMILES string of the molecule is CCN1CCN(c2ccc(CN)cc2C)CC1C. The molecule has 1 unspecified atom stereocenters. The molecule has 2 rings (SSSR count). The van der Waals surface area contributed by atoms with Gasteiger partial charge in [-0.2, -0.15) is 0 Å². The van der Waals surface area contributed by atoms with Crippen LogP contribution in [0, 0.1) is 6.92 Å². The molecule has 0 bridgehead atoms. The first-order valence-corrected chi connectivity index (χ1v) is 6.94. The molecule has 1 atom stereocenters. The van der Waals surface area contributed by atoms with Crippen LogP contribution in [0.4, 0.5) is 5.69 Å². The van der Waals surface area contributed by atoms with Gasteiger partial charge in [0.15, 0.2) is 0 Å². The van der Waals surface area contributed by atoms with E-state index in [0.29, 0.717) is 12.6 Å². The second-order valence-corrected chi connectivity index (χ2v) is 5.25. The van der Waals surface area contributed by atoms with Gasteiger partial charge in [-0.05, 0) is 37.6 Å². The van der Waals surface area contributed by atoms with Crippen LogP contribution in [0.3, 0.4) is 0 Å². The van der Waals surface area contributed by atoms with E-state index in [2.05, 4.69) is 48.8 Å². The molecule has 1 aliphatic heterocycles. The van der Waals surface area contributed by atoms with E-state index in [0.717, 1.165) is 26.2 Å². The van der Waals surface area contributed by atoms with Crippen molar-refractivity contribution in [1.82, 2.24) is 4.90 Å². The summed E-state index contributed by atoms with van der Waals surface area (Å²) in [4.78, 5) is 5.05. The predicted octanol–water partition coefficient (Wildman–Crippen LogP) is 1.98. The minimum atomic E-state index is 0.626. The molecular weight excluding hydrogens is 222 g/mol. The van der Waals surface area contributed by atoms with Crippen molar-refractivity contribution in [2.24, 2.45) is 5.73 Å². The third-order valence-electron chi connectivity index (χ3n) is 4.01. The summed E-state index contributed by atoms with van der Waals surface area (Å²) in [5, 5.41) is 0. The molecule has 3 heteroatoms. The molecule has 1 fully saturated rings. The Morgan fingerprint density at radius 1 is 1.33 bits per heavy atom. The van der Waals surface area contributed by atoms with E-state index in [1.807, 2.05) is 0 Å². The van der Waals surface area contributed by atoms with Crippen LogP contribution in [0.5, 0.6) is 0 Å². The summed E-state index contributed by atoms with van der Waals surface area (Å²) in [7, 11) is 0. The first-order chi connectivity index (χ1) is 8.65. The van der Waals surface area contributed by atoms with Crippen LogP contribution in [0.15, 0.2) is 18.2 Å². The van der Waals surface area contributed by atoms with E-state index in [1.165, 1.54) is 16.8 Å². The lowest BCUT2D eigenvalue weighted by molar-refractivity contribution is 0.199. The summed E-state index contributed by atoms with van der Waals surface area (Å²) in [6.07, 6.45) is 0. The molecule has 0 amide bonds. The number of likely N-dealkylation sites (N-methyl/N-ethyl adjacent to an activating group) is 1. The Hall–Kier alpha value is -1.06. The maximum Gasteiger partial charge on any atom is 0.0397 e. The molecule has 2 N–H and O–H groups in total. The summed E-state index contributed by atoms with van der Waals surface area (Å²) >= 11 is 0. The molecule has 1 aromatic carbocycles. The number of hydrogen-bond donors (Lipinski definition) is 1. The highest BCUT2D eigenvalue weighted by atomic mass is 15.3. The minimum Gasteiger partial charge on any atom is -0.368 e. The Balaban J connectivity index is 2.13. The number of aryl methyl sites for hydroxylation is 1. The van der Waals surface area contributed by atoms with E-state index in [9.17, 15) is 0 Å². The van der Waals surface area contributed by atoms with Crippen molar-refractivity contribution in [1.29, 1.82) is 0 Å². The molecule has 1 aliphatic rings. The van der Waals surface area contributed by atoms with Crippen LogP contribution >= 0.6 is 0 Å². The standard InChI is InChI=1S/C15H25N3/c1-4-17-7-8-18(11-13(17)3)15-6-5-14(10-16)9-12(15)2/h5-6,9,13H,4,7-8,10-11,16H2,1-3H3. The van der Waals surface area contributed by atoms with Crippen molar-refractivity contribution in [3.63, 3.8) is 0 Å². The lowest BCUT2D eigenvalue weighted by Gasteiger charge is -2.41. The van der Waals surface area contributed by atoms with E-state index >= 15 is 0 Å². The fraction of sp³-hybridized carbons (Fsp3) is 0.600. The van der Waals surface area contributed by atoms with E-state index in [1.54, 1.807) is 0 Å². The highest BCUT2D eigenvalue weighted by Gasteiger charge is 2.23. The average molecular weight is 247 g/mol. The summed E-state index contributed by atoms with van der Waals surface area (Å²) in [6, 6.07) is 7.23. The zero-order valence-corrected chi connectivity index (χ0v) is 11.8. The van der Waals surface area contributed by atoms with Crippen LogP contribution < -0.4 is 10.6 Å². The molecule has 1 aromatic rings. The van der Waals surface area contributed by atoms with Gasteiger partial charge in [-0.3, -0.25) is 4.90 Å². The van der Waals surface area contributed by atoms with Crippen LogP contribution in [0.2, 0.25) is 0 Å². The van der Waals surface area contributed by atoms with Crippen molar-refractivity contribution < 1.29 is 0 Å². The normalized spacial score (nSPS) is 21.3. The monoisotopic (exact) mass is 247 g/mol. The van der Waals surface area contributed by atoms with Gasteiger partial charge in [0.05, 0.1) is 0 Å². The van der Waals surface area contributed by atoms with E-state index < -0.39 is 0 Å². The first kappa shape index (κ1) is 13.4. The third kappa shape index (κ3) is 2.68. The first-order valence-electron chi connectivity index (χ1n) is 6.94. The number of nitrogens with two attached hydrogens (primary N) is 1. The maximum absolute atomic E-state index is 5.69. The van der Waals surface area contributed by atoms with Gasteiger partial charge in [-0.15, -0.1) is 0 Å². The smallest absolute Gasteiger partial charge is 0.0397 e. The van der Waals surface area contributed by atoms with E-state index in [-0.39, 0.29) is 0 Å². The fourth-order valence-electron chi connectivity index (χ4n) is 2.88. The summed E-state index contributed by atoms with van der Waals surface area (Å²) < 4.78 is 0. The molecule has 0 spiro atoms. The predicted molar refractivity (Wildman–Crippen MR) is 78.0 cm³/mol. The number of benzene rings is 1. The fourth-order valence-corrected chi connectivity index (χ4v) is 2.88. The van der Waals surface area contributed by atoms with E-state index in [4.69, 9.17) is 5.73 Å². The number of hydrogen-bond acceptors (Lipinski definition) is 3. The third-order valence-corrected chi connectivity index (χ3v) is 4.01. The minimum absolute atomic E-state index is 0.626. The van der Waals surface area contributed by atoms with Gasteiger partial charge in [-0.1, -0.05) is 19.1 Å². The lowest BCUT2D eigenvalue weighted by atomic mass is 10.1. The Morgan fingerprint density at radius 3 is 2.67 bits per heavy atom. The molecule has 1 saturated heterocycles. The maximum atomic E-state index is 5.69. The van der Waals surface area contributed by atoms with Crippen LogP contribution in [0.25, 0.3) is 0 Å². The topological polar surface area (TPSA) is 32.5 Å². The van der Waals surface area contributed by atoms with Gasteiger partial charge in [0.2, 0.25) is 0 Å². The van der Waals surface area contributed by atoms with Gasteiger partial charge in [0, 0.05) is 37.9 Å². The quantitative estimate of drug-likeness (QED) is 0.886. The number of anilines is 1. The van der Waals surface area contributed by atoms with Gasteiger partial charge < -0.3 is 10.6 Å². The zero-order valence-electron chi connectivity index (χ0n) is 11.8. The summed E-state index contributed by atoms with van der Waals surface area (Å²) in [6.45, 7) is 11.9. The van der Waals surface area contributed by atoms with Crippen LogP contribution in [-0.2, 0) is 6.54 Å². The van der Waals surface area contributed by atoms with Crippen molar-refractivity contribution in [3.05, 3.63) is 29.3 Å². The second kappa shape index (κ2) is 5.72. The lowest BCUT2D eigenvalue weighted by Crippen LogP contribution is -2.51. The molecule has 0 saturated carbocycles. The van der Waals surface area contributed by atoms with Crippen molar-refractivity contribution >= 4 is 5.69 Å². The summed E-state index contributed by atoms with van der Waals surface area (Å²) in [5.41, 5.74) is 9.62. The van der Waals surface area contributed by atoms with Gasteiger partial charge in [0.1, 0.15) is 0 Å². The highest BCUT2D eigenvalue weighted by molar-refractivity contribution is 5.55. The largest absolute Gasteiger partial charge is 0.368 e. The summed E-state index contributed by atoms with van der Waals surface area (Å²) in [5.74, 6) is 0. The Kier molecular flexibility index (Phi) is 4.25. The zero-order chi connectivity index (χ0) is 13.1. The number of nitrogens with zero attached hydrogens (tertiary/aromatic N) is 2. The number of rotatable bonds is 3. The molecule has 18 heavy (non-hydrogen) atoms.